The molecule has 1 aromatic rings. The average molecular weight is 331 g/mol. The molecule has 1 fully saturated rings. The molecule has 0 bridgehead atoms. The van der Waals surface area contributed by atoms with E-state index in [-0.39, 0.29) is 39.2 Å². The second-order valence-corrected chi connectivity index (χ2v) is 6.05. The molecule has 114 valence electrons. The van der Waals surface area contributed by atoms with Crippen LogP contribution in [0.2, 0.25) is 10.0 Å². The van der Waals surface area contributed by atoms with E-state index < -0.39 is 5.97 Å². The van der Waals surface area contributed by atoms with Crippen LogP contribution in [0.5, 0.6) is 0 Å². The predicted molar refractivity (Wildman–Crippen MR) is 82.0 cm³/mol. The summed E-state index contributed by atoms with van der Waals surface area (Å²) in [6, 6.07) is 2.56. The van der Waals surface area contributed by atoms with Crippen LogP contribution in [0.1, 0.15) is 36.0 Å². The van der Waals surface area contributed by atoms with Gasteiger partial charge in [-0.15, -0.1) is 0 Å². The first-order valence-corrected chi connectivity index (χ1v) is 7.43. The van der Waals surface area contributed by atoms with Gasteiger partial charge in [-0.05, 0) is 31.4 Å². The second-order valence-electron chi connectivity index (χ2n) is 5.23. The summed E-state index contributed by atoms with van der Waals surface area (Å²) < 4.78 is 0. The third kappa shape index (κ3) is 3.87. The summed E-state index contributed by atoms with van der Waals surface area (Å²) in [4.78, 5) is 23.1. The maximum Gasteiger partial charge on any atom is 0.335 e. The van der Waals surface area contributed by atoms with Crippen LogP contribution in [0.4, 0.5) is 5.69 Å². The maximum absolute atomic E-state index is 12.2. The van der Waals surface area contributed by atoms with Gasteiger partial charge in [-0.2, -0.15) is 0 Å². The first kappa shape index (κ1) is 16.1. The van der Waals surface area contributed by atoms with Gasteiger partial charge in [0.05, 0.1) is 21.3 Å². The Morgan fingerprint density at radius 1 is 1.24 bits per heavy atom. The zero-order valence-corrected chi connectivity index (χ0v) is 12.7. The molecule has 5 nitrogen and oxygen atoms in total. The molecule has 0 radical (unpaired) electrons. The van der Waals surface area contributed by atoms with Crippen molar-refractivity contribution in [2.75, 3.05) is 5.32 Å². The quantitative estimate of drug-likeness (QED) is 0.793. The van der Waals surface area contributed by atoms with Crippen LogP contribution in [0.25, 0.3) is 0 Å². The lowest BCUT2D eigenvalue weighted by Crippen LogP contribution is -2.34. The molecule has 1 aliphatic rings. The Bertz CT molecular complexity index is 554. The normalized spacial score (nSPS) is 21.9. The molecule has 2 unspecified atom stereocenters. The number of anilines is 1. The van der Waals surface area contributed by atoms with Crippen LogP contribution in [-0.4, -0.2) is 23.0 Å². The fourth-order valence-corrected chi connectivity index (χ4v) is 3.09. The molecule has 1 aliphatic carbocycles. The number of hydrogen-bond donors (Lipinski definition) is 3. The Balaban J connectivity index is 2.15. The van der Waals surface area contributed by atoms with Gasteiger partial charge in [0.25, 0.3) is 0 Å². The fourth-order valence-electron chi connectivity index (χ4n) is 2.51. The molecule has 0 saturated heterocycles. The van der Waals surface area contributed by atoms with Gasteiger partial charge >= 0.3 is 5.97 Å². The number of carboxylic acid groups (broad SMARTS) is 1. The third-order valence-electron chi connectivity index (χ3n) is 3.62. The number of aromatic carboxylic acids is 1. The lowest BCUT2D eigenvalue weighted by atomic mass is 9.85. The molecule has 0 aliphatic heterocycles. The molecule has 1 saturated carbocycles. The SMILES string of the molecule is NC1CCCC(C(=O)Nc2c(Cl)cc(C(=O)O)cc2Cl)C1. The van der Waals surface area contributed by atoms with E-state index >= 15 is 0 Å². The number of amides is 1. The Hall–Kier alpha value is -1.30. The molecular formula is C14H16Cl2N2O3. The zero-order valence-electron chi connectivity index (χ0n) is 11.2. The molecule has 21 heavy (non-hydrogen) atoms. The molecule has 0 aromatic heterocycles. The molecule has 4 N–H and O–H groups in total. The second kappa shape index (κ2) is 6.64. The largest absolute Gasteiger partial charge is 0.478 e. The predicted octanol–water partition coefficient (Wildman–Crippen LogP) is 3.15. The smallest absolute Gasteiger partial charge is 0.335 e. The highest BCUT2D eigenvalue weighted by molar-refractivity contribution is 6.40. The number of benzene rings is 1. The molecule has 1 amide bonds. The minimum absolute atomic E-state index is 0.0253. The molecule has 7 heteroatoms. The van der Waals surface area contributed by atoms with E-state index in [0.717, 1.165) is 19.3 Å². The standard InChI is InChI=1S/C14H16Cl2N2O3/c15-10-5-8(14(20)21)6-11(16)12(10)18-13(19)7-2-1-3-9(17)4-7/h5-7,9H,1-4,17H2,(H,18,19)(H,20,21). The summed E-state index contributed by atoms with van der Waals surface area (Å²) in [6.07, 6.45) is 3.26. The van der Waals surface area contributed by atoms with Crippen LogP contribution in [0.15, 0.2) is 12.1 Å². The highest BCUT2D eigenvalue weighted by Crippen LogP contribution is 2.33. The van der Waals surface area contributed by atoms with Gasteiger partial charge in [-0.1, -0.05) is 29.6 Å². The number of carbonyl (C=O) groups excluding carboxylic acids is 1. The highest BCUT2D eigenvalue weighted by Gasteiger charge is 2.26. The average Bonchev–Trinajstić information content (AvgIpc) is 2.42. The van der Waals surface area contributed by atoms with Crippen molar-refractivity contribution in [1.29, 1.82) is 0 Å². The van der Waals surface area contributed by atoms with Gasteiger partial charge in [-0.25, -0.2) is 4.79 Å². The van der Waals surface area contributed by atoms with Crippen LogP contribution in [0, 0.1) is 5.92 Å². The number of halogens is 2. The van der Waals surface area contributed by atoms with E-state index in [9.17, 15) is 9.59 Å². The van der Waals surface area contributed by atoms with E-state index in [1.165, 1.54) is 12.1 Å². The minimum atomic E-state index is -1.13. The van der Waals surface area contributed by atoms with E-state index in [4.69, 9.17) is 34.0 Å². The highest BCUT2D eigenvalue weighted by atomic mass is 35.5. The topological polar surface area (TPSA) is 92.4 Å². The number of nitrogens with two attached hydrogens (primary N) is 1. The van der Waals surface area contributed by atoms with Crippen molar-refractivity contribution in [3.63, 3.8) is 0 Å². The van der Waals surface area contributed by atoms with Crippen molar-refractivity contribution < 1.29 is 14.7 Å². The number of nitrogens with one attached hydrogen (secondary N) is 1. The van der Waals surface area contributed by atoms with Crippen molar-refractivity contribution in [1.82, 2.24) is 0 Å². The first-order valence-electron chi connectivity index (χ1n) is 6.67. The van der Waals surface area contributed by atoms with Crippen LogP contribution >= 0.6 is 23.2 Å². The van der Waals surface area contributed by atoms with Crippen molar-refractivity contribution in [2.24, 2.45) is 11.7 Å². The Labute approximate surface area is 132 Å². The summed E-state index contributed by atoms with van der Waals surface area (Å²) in [6.45, 7) is 0. The number of rotatable bonds is 3. The number of hydrogen-bond acceptors (Lipinski definition) is 3. The minimum Gasteiger partial charge on any atom is -0.478 e. The summed E-state index contributed by atoms with van der Waals surface area (Å²) in [5, 5.41) is 11.8. The van der Waals surface area contributed by atoms with Crippen molar-refractivity contribution in [2.45, 2.75) is 31.7 Å². The number of carboxylic acids is 1. The fraction of sp³-hybridized carbons (Fsp3) is 0.429. The molecule has 2 rings (SSSR count). The Morgan fingerprint density at radius 2 is 1.86 bits per heavy atom. The van der Waals surface area contributed by atoms with Gasteiger partial charge in [0, 0.05) is 12.0 Å². The van der Waals surface area contributed by atoms with Crippen LogP contribution < -0.4 is 11.1 Å². The maximum atomic E-state index is 12.2. The van der Waals surface area contributed by atoms with E-state index in [0.29, 0.717) is 6.42 Å². The zero-order chi connectivity index (χ0) is 15.6. The van der Waals surface area contributed by atoms with E-state index in [2.05, 4.69) is 5.32 Å². The number of carbonyl (C=O) groups is 2. The molecular weight excluding hydrogens is 315 g/mol. The monoisotopic (exact) mass is 330 g/mol. The lowest BCUT2D eigenvalue weighted by Gasteiger charge is -2.26. The Kier molecular flexibility index (Phi) is 5.08. The van der Waals surface area contributed by atoms with Crippen LogP contribution in [-0.2, 0) is 4.79 Å². The summed E-state index contributed by atoms with van der Waals surface area (Å²) >= 11 is 12.0. The van der Waals surface area contributed by atoms with Gasteiger partial charge < -0.3 is 16.2 Å². The van der Waals surface area contributed by atoms with Crippen molar-refractivity contribution in [3.8, 4) is 0 Å². The van der Waals surface area contributed by atoms with E-state index in [1.807, 2.05) is 0 Å². The van der Waals surface area contributed by atoms with Gasteiger partial charge in [0.2, 0.25) is 5.91 Å². The summed E-state index contributed by atoms with van der Waals surface area (Å²) in [5.41, 5.74) is 6.09. The lowest BCUT2D eigenvalue weighted by molar-refractivity contribution is -0.120. The third-order valence-corrected chi connectivity index (χ3v) is 4.22. The summed E-state index contributed by atoms with van der Waals surface area (Å²) in [7, 11) is 0. The van der Waals surface area contributed by atoms with Gasteiger partial charge in [-0.3, -0.25) is 4.79 Å². The van der Waals surface area contributed by atoms with Gasteiger partial charge in [0.1, 0.15) is 0 Å². The molecule has 0 heterocycles. The van der Waals surface area contributed by atoms with Gasteiger partial charge in [0.15, 0.2) is 0 Å². The van der Waals surface area contributed by atoms with Crippen LogP contribution in [0.3, 0.4) is 0 Å². The van der Waals surface area contributed by atoms with E-state index in [1.54, 1.807) is 0 Å². The van der Waals surface area contributed by atoms with Crippen molar-refractivity contribution >= 4 is 40.8 Å². The molecule has 1 aromatic carbocycles. The molecule has 2 atom stereocenters. The molecule has 0 spiro atoms. The summed E-state index contributed by atoms with van der Waals surface area (Å²) in [5.74, 6) is -1.48. The first-order chi connectivity index (χ1) is 9.88. The van der Waals surface area contributed by atoms with Crippen molar-refractivity contribution in [3.05, 3.63) is 27.7 Å². The Morgan fingerprint density at radius 3 is 2.38 bits per heavy atom.